The monoisotopic (exact) mass is 259 g/mol. The van der Waals surface area contributed by atoms with Crippen LogP contribution in [0.3, 0.4) is 0 Å². The molecule has 17 heavy (non-hydrogen) atoms. The Morgan fingerprint density at radius 2 is 1.82 bits per heavy atom. The number of nitrogens with zero attached hydrogens (tertiary/aromatic N) is 1. The second kappa shape index (κ2) is 4.64. The van der Waals surface area contributed by atoms with Crippen LogP contribution in [0.2, 0.25) is 0 Å². The van der Waals surface area contributed by atoms with Crippen LogP contribution in [0.1, 0.15) is 30.9 Å². The molecule has 0 radical (unpaired) electrons. The Balaban J connectivity index is 3.54. The number of anilines is 1. The molecule has 0 amide bonds. The predicted molar refractivity (Wildman–Crippen MR) is 68.5 cm³/mol. The quantitative estimate of drug-likeness (QED) is 0.837. The zero-order valence-electron chi connectivity index (χ0n) is 10.8. The summed E-state index contributed by atoms with van der Waals surface area (Å²) in [6.45, 7) is 5.44. The molecule has 0 saturated carbocycles. The van der Waals surface area contributed by atoms with Crippen LogP contribution in [-0.2, 0) is 10.0 Å². The number of benzene rings is 1. The second-order valence-corrected chi connectivity index (χ2v) is 6.53. The molecule has 0 aliphatic heterocycles. The second-order valence-electron chi connectivity index (χ2n) is 4.52. The highest BCUT2D eigenvalue weighted by Crippen LogP contribution is 2.32. The van der Waals surface area contributed by atoms with Gasteiger partial charge in [-0.15, -0.1) is 0 Å². The number of sulfonamides is 1. The maximum Gasteiger partial charge on any atom is 0.232 e. The Hall–Kier alpha value is -1.10. The largest absolute Gasteiger partial charge is 0.270 e. The van der Waals surface area contributed by atoms with Gasteiger partial charge in [0, 0.05) is 7.05 Å². The molecule has 1 rings (SSSR count). The van der Waals surface area contributed by atoms with Gasteiger partial charge in [0.15, 0.2) is 5.82 Å². The SMILES string of the molecule is Cc1ccc(C(C)C)c(N(C)S(C)(=O)=O)c1F. The number of aryl methyl sites for hydroxylation is 1. The van der Waals surface area contributed by atoms with Crippen LogP contribution in [0.25, 0.3) is 0 Å². The summed E-state index contributed by atoms with van der Waals surface area (Å²) in [6.07, 6.45) is 1.07. The van der Waals surface area contributed by atoms with Crippen molar-refractivity contribution < 1.29 is 12.8 Å². The van der Waals surface area contributed by atoms with Crippen molar-refractivity contribution in [1.82, 2.24) is 0 Å². The standard InChI is InChI=1S/C12H18FNO2S/c1-8(2)10-7-6-9(3)11(13)12(10)14(4)17(5,15)16/h6-8H,1-5H3. The van der Waals surface area contributed by atoms with E-state index >= 15 is 0 Å². The number of hydrogen-bond donors (Lipinski definition) is 0. The van der Waals surface area contributed by atoms with Gasteiger partial charge in [-0.3, -0.25) is 4.31 Å². The molecule has 5 heteroatoms. The van der Waals surface area contributed by atoms with Gasteiger partial charge in [-0.25, -0.2) is 12.8 Å². The van der Waals surface area contributed by atoms with E-state index in [-0.39, 0.29) is 11.6 Å². The minimum Gasteiger partial charge on any atom is -0.270 e. The molecule has 1 aromatic carbocycles. The summed E-state index contributed by atoms with van der Waals surface area (Å²) in [7, 11) is -2.08. The first kappa shape index (κ1) is 14.0. The van der Waals surface area contributed by atoms with E-state index in [4.69, 9.17) is 0 Å². The molecular weight excluding hydrogens is 241 g/mol. The lowest BCUT2D eigenvalue weighted by atomic mass is 9.99. The summed E-state index contributed by atoms with van der Waals surface area (Å²) >= 11 is 0. The predicted octanol–water partition coefficient (Wildman–Crippen LogP) is 2.65. The van der Waals surface area contributed by atoms with E-state index in [9.17, 15) is 12.8 Å². The molecule has 0 aromatic heterocycles. The van der Waals surface area contributed by atoms with Crippen molar-refractivity contribution >= 4 is 15.7 Å². The van der Waals surface area contributed by atoms with Gasteiger partial charge >= 0.3 is 0 Å². The molecule has 0 aliphatic rings. The molecule has 0 aliphatic carbocycles. The van der Waals surface area contributed by atoms with Crippen molar-refractivity contribution in [1.29, 1.82) is 0 Å². The van der Waals surface area contributed by atoms with Crippen LogP contribution in [0, 0.1) is 12.7 Å². The van der Waals surface area contributed by atoms with E-state index in [1.54, 1.807) is 19.1 Å². The van der Waals surface area contributed by atoms with Crippen LogP contribution in [0.4, 0.5) is 10.1 Å². The lowest BCUT2D eigenvalue weighted by Gasteiger charge is -2.23. The summed E-state index contributed by atoms with van der Waals surface area (Å²) in [5, 5.41) is 0. The highest BCUT2D eigenvalue weighted by Gasteiger charge is 2.22. The van der Waals surface area contributed by atoms with Crippen LogP contribution >= 0.6 is 0 Å². The fourth-order valence-corrected chi connectivity index (χ4v) is 2.15. The van der Waals surface area contributed by atoms with Crippen molar-refractivity contribution in [3.63, 3.8) is 0 Å². The molecule has 3 nitrogen and oxygen atoms in total. The smallest absolute Gasteiger partial charge is 0.232 e. The Morgan fingerprint density at radius 1 is 1.29 bits per heavy atom. The first-order chi connectivity index (χ1) is 7.66. The highest BCUT2D eigenvalue weighted by molar-refractivity contribution is 7.92. The molecule has 0 spiro atoms. The summed E-state index contributed by atoms with van der Waals surface area (Å²) in [5.74, 6) is -0.409. The summed E-state index contributed by atoms with van der Waals surface area (Å²) in [4.78, 5) is 0. The van der Waals surface area contributed by atoms with Crippen molar-refractivity contribution in [3.05, 3.63) is 29.1 Å². The zero-order chi connectivity index (χ0) is 13.4. The highest BCUT2D eigenvalue weighted by atomic mass is 32.2. The molecule has 0 unspecified atom stereocenters. The van der Waals surface area contributed by atoms with E-state index < -0.39 is 15.8 Å². The fourth-order valence-electron chi connectivity index (χ4n) is 1.63. The lowest BCUT2D eigenvalue weighted by Crippen LogP contribution is -2.27. The van der Waals surface area contributed by atoms with Crippen molar-refractivity contribution in [2.24, 2.45) is 0 Å². The molecule has 0 fully saturated rings. The third-order valence-electron chi connectivity index (χ3n) is 2.77. The van der Waals surface area contributed by atoms with Gasteiger partial charge in [0.2, 0.25) is 10.0 Å². The zero-order valence-corrected chi connectivity index (χ0v) is 11.6. The fraction of sp³-hybridized carbons (Fsp3) is 0.500. The minimum atomic E-state index is -3.46. The average molecular weight is 259 g/mol. The van der Waals surface area contributed by atoms with E-state index in [1.165, 1.54) is 7.05 Å². The van der Waals surface area contributed by atoms with Crippen LogP contribution in [-0.4, -0.2) is 21.7 Å². The number of halogens is 1. The molecule has 0 saturated heterocycles. The van der Waals surface area contributed by atoms with Gasteiger partial charge in [-0.05, 0) is 24.0 Å². The Labute approximate surface area is 102 Å². The van der Waals surface area contributed by atoms with Gasteiger partial charge in [0.25, 0.3) is 0 Å². The summed E-state index contributed by atoms with van der Waals surface area (Å²) in [6, 6.07) is 3.45. The van der Waals surface area contributed by atoms with Crippen LogP contribution in [0.5, 0.6) is 0 Å². The first-order valence-electron chi connectivity index (χ1n) is 5.39. The van der Waals surface area contributed by atoms with E-state index in [0.29, 0.717) is 11.1 Å². The Morgan fingerprint density at radius 3 is 2.24 bits per heavy atom. The molecule has 0 N–H and O–H groups in total. The van der Waals surface area contributed by atoms with Crippen molar-refractivity contribution in [2.45, 2.75) is 26.7 Å². The van der Waals surface area contributed by atoms with E-state index in [2.05, 4.69) is 0 Å². The van der Waals surface area contributed by atoms with Gasteiger partial charge in [-0.1, -0.05) is 26.0 Å². The van der Waals surface area contributed by atoms with Crippen LogP contribution < -0.4 is 4.31 Å². The number of rotatable bonds is 3. The van der Waals surface area contributed by atoms with Gasteiger partial charge in [0.05, 0.1) is 11.9 Å². The average Bonchev–Trinajstić information content (AvgIpc) is 2.19. The topological polar surface area (TPSA) is 37.4 Å². The minimum absolute atomic E-state index is 0.0595. The molecule has 1 aromatic rings. The van der Waals surface area contributed by atoms with Crippen molar-refractivity contribution in [2.75, 3.05) is 17.6 Å². The lowest BCUT2D eigenvalue weighted by molar-refractivity contribution is 0.591. The Kier molecular flexibility index (Phi) is 3.81. The molecule has 0 bridgehead atoms. The molecular formula is C12H18FNO2S. The van der Waals surface area contributed by atoms with Gasteiger partial charge < -0.3 is 0 Å². The maximum absolute atomic E-state index is 14.1. The Bertz CT molecular complexity index is 524. The molecule has 0 heterocycles. The molecule has 0 atom stereocenters. The normalized spacial score (nSPS) is 11.9. The third-order valence-corrected chi connectivity index (χ3v) is 3.95. The summed E-state index contributed by atoms with van der Waals surface area (Å²) < 4.78 is 38.2. The van der Waals surface area contributed by atoms with Crippen molar-refractivity contribution in [3.8, 4) is 0 Å². The maximum atomic E-state index is 14.1. The van der Waals surface area contributed by atoms with Crippen LogP contribution in [0.15, 0.2) is 12.1 Å². The summed E-state index contributed by atoms with van der Waals surface area (Å²) in [5.41, 5.74) is 1.29. The van der Waals surface area contributed by atoms with Gasteiger partial charge in [-0.2, -0.15) is 0 Å². The van der Waals surface area contributed by atoms with E-state index in [0.717, 1.165) is 10.6 Å². The first-order valence-corrected chi connectivity index (χ1v) is 7.24. The van der Waals surface area contributed by atoms with E-state index in [1.807, 2.05) is 13.8 Å². The molecule has 96 valence electrons. The van der Waals surface area contributed by atoms with Gasteiger partial charge in [0.1, 0.15) is 0 Å². The number of hydrogen-bond acceptors (Lipinski definition) is 2. The third kappa shape index (κ3) is 2.77.